The molecular weight excluding hydrogens is 354 g/mol. The van der Waals surface area contributed by atoms with Crippen LogP contribution in [-0.2, 0) is 4.79 Å². The molecule has 0 aromatic carbocycles. The van der Waals surface area contributed by atoms with E-state index in [1.54, 1.807) is 0 Å². The van der Waals surface area contributed by atoms with Crippen LogP contribution < -0.4 is 10.6 Å². The molecule has 3 atom stereocenters. The van der Waals surface area contributed by atoms with Crippen LogP contribution in [0.4, 0.5) is 0 Å². The van der Waals surface area contributed by atoms with Gasteiger partial charge < -0.3 is 15.2 Å². The van der Waals surface area contributed by atoms with E-state index in [1.807, 2.05) is 0 Å². The molecular formula is C18H32ClN5O2. The normalized spacial score (nSPS) is 25.1. The Balaban J connectivity index is 0.00000243. The number of halogens is 1. The number of hydrogen-bond acceptors (Lipinski definition) is 6. The number of nitrogens with zero attached hydrogens (tertiary/aromatic N) is 3. The van der Waals surface area contributed by atoms with Gasteiger partial charge >= 0.3 is 0 Å². The Hall–Kier alpha value is -1.18. The lowest BCUT2D eigenvalue weighted by Gasteiger charge is -2.35. The molecule has 26 heavy (non-hydrogen) atoms. The Morgan fingerprint density at radius 2 is 2.15 bits per heavy atom. The van der Waals surface area contributed by atoms with Gasteiger partial charge in [0.25, 0.3) is 0 Å². The van der Waals surface area contributed by atoms with Gasteiger partial charge in [-0.1, -0.05) is 19.0 Å². The summed E-state index contributed by atoms with van der Waals surface area (Å²) in [6, 6.07) is 0.126. The van der Waals surface area contributed by atoms with E-state index in [-0.39, 0.29) is 36.3 Å². The second-order valence-electron chi connectivity index (χ2n) is 7.72. The molecule has 2 N–H and O–H groups in total. The van der Waals surface area contributed by atoms with Crippen molar-refractivity contribution in [1.29, 1.82) is 0 Å². The molecule has 3 rings (SSSR count). The number of amides is 1. The molecule has 1 amide bonds. The van der Waals surface area contributed by atoms with Crippen molar-refractivity contribution in [1.82, 2.24) is 25.7 Å². The SMILES string of the molecule is CC(C)c1noc(C(C)N2CCCC(CNC(=O)C3CCCN3)C2)n1.Cl. The number of carbonyl (C=O) groups excluding carboxylic acids is 1. The van der Waals surface area contributed by atoms with Crippen LogP contribution in [-0.4, -0.2) is 53.2 Å². The number of aromatic nitrogens is 2. The van der Waals surface area contributed by atoms with E-state index in [2.05, 4.69) is 46.4 Å². The third-order valence-electron chi connectivity index (χ3n) is 5.37. The monoisotopic (exact) mass is 385 g/mol. The highest BCUT2D eigenvalue weighted by molar-refractivity contribution is 5.85. The van der Waals surface area contributed by atoms with Crippen molar-refractivity contribution < 1.29 is 9.32 Å². The second kappa shape index (κ2) is 9.67. The van der Waals surface area contributed by atoms with Crippen LogP contribution in [0, 0.1) is 5.92 Å². The standard InChI is InChI=1S/C18H31N5O2.ClH/c1-12(2)16-21-18(25-22-16)13(3)23-9-5-6-14(11-23)10-20-17(24)15-7-4-8-19-15;/h12-15,19H,4-11H2,1-3H3,(H,20,24);1H. The Morgan fingerprint density at radius 3 is 2.81 bits per heavy atom. The van der Waals surface area contributed by atoms with E-state index in [0.29, 0.717) is 11.8 Å². The van der Waals surface area contributed by atoms with Crippen molar-refractivity contribution in [3.05, 3.63) is 11.7 Å². The van der Waals surface area contributed by atoms with E-state index < -0.39 is 0 Å². The van der Waals surface area contributed by atoms with Gasteiger partial charge in [-0.2, -0.15) is 4.98 Å². The molecule has 1 aromatic rings. The van der Waals surface area contributed by atoms with Crippen molar-refractivity contribution in [2.45, 2.75) is 64.5 Å². The average Bonchev–Trinajstić information content (AvgIpc) is 3.30. The molecule has 1 aromatic heterocycles. The number of carbonyl (C=O) groups is 1. The summed E-state index contributed by atoms with van der Waals surface area (Å²) in [7, 11) is 0. The lowest BCUT2D eigenvalue weighted by molar-refractivity contribution is -0.123. The number of rotatable bonds is 6. The fourth-order valence-electron chi connectivity index (χ4n) is 3.70. The van der Waals surface area contributed by atoms with Crippen molar-refractivity contribution in [2.75, 3.05) is 26.2 Å². The first-order chi connectivity index (χ1) is 12.0. The molecule has 3 unspecified atom stereocenters. The summed E-state index contributed by atoms with van der Waals surface area (Å²) in [6.45, 7) is 9.96. The van der Waals surface area contributed by atoms with Gasteiger partial charge in [0.05, 0.1) is 12.1 Å². The summed E-state index contributed by atoms with van der Waals surface area (Å²) >= 11 is 0. The summed E-state index contributed by atoms with van der Waals surface area (Å²) in [5.74, 6) is 2.38. The molecule has 2 fully saturated rings. The zero-order chi connectivity index (χ0) is 17.8. The van der Waals surface area contributed by atoms with E-state index in [1.165, 1.54) is 0 Å². The van der Waals surface area contributed by atoms with Gasteiger partial charge in [-0.3, -0.25) is 9.69 Å². The minimum atomic E-state index is 0. The predicted octanol–water partition coefficient (Wildman–Crippen LogP) is 2.26. The molecule has 148 valence electrons. The number of nitrogens with one attached hydrogen (secondary N) is 2. The van der Waals surface area contributed by atoms with Crippen LogP contribution in [0.2, 0.25) is 0 Å². The topological polar surface area (TPSA) is 83.3 Å². The fraction of sp³-hybridized carbons (Fsp3) is 0.833. The lowest BCUT2D eigenvalue weighted by atomic mass is 9.96. The van der Waals surface area contributed by atoms with Crippen LogP contribution in [0.3, 0.4) is 0 Å². The van der Waals surface area contributed by atoms with Gasteiger partial charge in [0, 0.05) is 19.0 Å². The third kappa shape index (κ3) is 5.18. The van der Waals surface area contributed by atoms with Gasteiger partial charge in [0.1, 0.15) is 0 Å². The molecule has 0 radical (unpaired) electrons. The first-order valence-electron chi connectivity index (χ1n) is 9.63. The molecule has 0 aliphatic carbocycles. The molecule has 2 aliphatic rings. The average molecular weight is 386 g/mol. The van der Waals surface area contributed by atoms with Gasteiger partial charge in [0.15, 0.2) is 5.82 Å². The molecule has 7 nitrogen and oxygen atoms in total. The maximum absolute atomic E-state index is 12.2. The Kier molecular flexibility index (Phi) is 7.85. The summed E-state index contributed by atoms with van der Waals surface area (Å²) in [6.07, 6.45) is 4.34. The number of piperidine rings is 1. The summed E-state index contributed by atoms with van der Waals surface area (Å²) in [5, 5.41) is 10.5. The summed E-state index contributed by atoms with van der Waals surface area (Å²) < 4.78 is 5.46. The Morgan fingerprint density at radius 1 is 1.35 bits per heavy atom. The molecule has 3 heterocycles. The van der Waals surface area contributed by atoms with E-state index in [9.17, 15) is 4.79 Å². The maximum Gasteiger partial charge on any atom is 0.243 e. The van der Waals surface area contributed by atoms with E-state index in [4.69, 9.17) is 4.52 Å². The highest BCUT2D eigenvalue weighted by Crippen LogP contribution is 2.26. The summed E-state index contributed by atoms with van der Waals surface area (Å²) in [5.41, 5.74) is 0. The molecule has 2 saturated heterocycles. The maximum atomic E-state index is 12.2. The number of hydrogen-bond donors (Lipinski definition) is 2. The smallest absolute Gasteiger partial charge is 0.243 e. The fourth-order valence-corrected chi connectivity index (χ4v) is 3.70. The van der Waals surface area contributed by atoms with E-state index in [0.717, 1.165) is 57.7 Å². The zero-order valence-corrected chi connectivity index (χ0v) is 16.8. The van der Waals surface area contributed by atoms with Crippen LogP contribution >= 0.6 is 12.4 Å². The summed E-state index contributed by atoms with van der Waals surface area (Å²) in [4.78, 5) is 19.1. The van der Waals surface area contributed by atoms with Crippen LogP contribution in [0.25, 0.3) is 0 Å². The molecule has 0 spiro atoms. The van der Waals surface area contributed by atoms with Gasteiger partial charge in [-0.15, -0.1) is 12.4 Å². The molecule has 8 heteroatoms. The lowest BCUT2D eigenvalue weighted by Crippen LogP contribution is -2.45. The van der Waals surface area contributed by atoms with Gasteiger partial charge in [-0.05, 0) is 51.6 Å². The Labute approximate surface area is 162 Å². The number of likely N-dealkylation sites (tertiary alicyclic amines) is 1. The van der Waals surface area contributed by atoms with Gasteiger partial charge in [0.2, 0.25) is 11.8 Å². The molecule has 0 bridgehead atoms. The minimum Gasteiger partial charge on any atom is -0.354 e. The van der Waals surface area contributed by atoms with Crippen molar-refractivity contribution in [3.8, 4) is 0 Å². The third-order valence-corrected chi connectivity index (χ3v) is 5.37. The molecule has 2 aliphatic heterocycles. The van der Waals surface area contributed by atoms with E-state index >= 15 is 0 Å². The second-order valence-corrected chi connectivity index (χ2v) is 7.72. The van der Waals surface area contributed by atoms with Crippen LogP contribution in [0.5, 0.6) is 0 Å². The predicted molar refractivity (Wildman–Crippen MR) is 102 cm³/mol. The molecule has 0 saturated carbocycles. The quantitative estimate of drug-likeness (QED) is 0.781. The Bertz CT molecular complexity index is 574. The van der Waals surface area contributed by atoms with Crippen LogP contribution in [0.1, 0.15) is 70.1 Å². The first-order valence-corrected chi connectivity index (χ1v) is 9.63. The van der Waals surface area contributed by atoms with Crippen molar-refractivity contribution in [3.63, 3.8) is 0 Å². The zero-order valence-electron chi connectivity index (χ0n) is 16.0. The highest BCUT2D eigenvalue weighted by Gasteiger charge is 2.29. The van der Waals surface area contributed by atoms with Crippen LogP contribution in [0.15, 0.2) is 4.52 Å². The minimum absolute atomic E-state index is 0. The first kappa shape index (κ1) is 21.1. The van der Waals surface area contributed by atoms with Crippen molar-refractivity contribution >= 4 is 18.3 Å². The van der Waals surface area contributed by atoms with Gasteiger partial charge in [-0.25, -0.2) is 0 Å². The highest BCUT2D eigenvalue weighted by atomic mass is 35.5. The largest absolute Gasteiger partial charge is 0.354 e. The van der Waals surface area contributed by atoms with Crippen molar-refractivity contribution in [2.24, 2.45) is 5.92 Å².